The van der Waals surface area contributed by atoms with Crippen LogP contribution in [0.4, 0.5) is 4.39 Å². The molecule has 4 rings (SSSR count). The van der Waals surface area contributed by atoms with Crippen molar-refractivity contribution in [2.75, 3.05) is 26.2 Å². The third kappa shape index (κ3) is 5.05. The fourth-order valence-electron chi connectivity index (χ4n) is 4.09. The van der Waals surface area contributed by atoms with E-state index in [-0.39, 0.29) is 18.1 Å². The molecule has 0 saturated carbocycles. The highest BCUT2D eigenvalue weighted by atomic mass is 19.1. The highest BCUT2D eigenvalue weighted by Crippen LogP contribution is 2.20. The van der Waals surface area contributed by atoms with Gasteiger partial charge in [-0.2, -0.15) is 0 Å². The number of halogens is 1. The van der Waals surface area contributed by atoms with E-state index in [4.69, 9.17) is 4.42 Å². The Morgan fingerprint density at radius 1 is 1.30 bits per heavy atom. The first-order valence-electron chi connectivity index (χ1n) is 10.7. The largest absolute Gasteiger partial charge is 0.440 e. The summed E-state index contributed by atoms with van der Waals surface area (Å²) in [5.74, 6) is 0.809. The zero-order chi connectivity index (χ0) is 20.9. The number of aromatic nitrogens is 1. The highest BCUT2D eigenvalue weighted by molar-refractivity contribution is 5.97. The van der Waals surface area contributed by atoms with Gasteiger partial charge in [-0.15, -0.1) is 0 Å². The number of carbonyl (C=O) groups excluding carboxylic acids is 1. The maximum Gasteiger partial charge on any atom is 0.251 e. The highest BCUT2D eigenvalue weighted by Gasteiger charge is 2.16. The van der Waals surface area contributed by atoms with Gasteiger partial charge in [0.2, 0.25) is 0 Å². The maximum absolute atomic E-state index is 13.9. The van der Waals surface area contributed by atoms with E-state index in [1.165, 1.54) is 18.9 Å². The molecule has 0 aliphatic carbocycles. The zero-order valence-electron chi connectivity index (χ0n) is 17.4. The minimum atomic E-state index is -0.279. The van der Waals surface area contributed by atoms with Gasteiger partial charge in [-0.05, 0) is 68.1 Å². The number of likely N-dealkylation sites (tertiary alicyclic amines) is 1. The van der Waals surface area contributed by atoms with Crippen LogP contribution in [0.5, 0.6) is 0 Å². The Balaban J connectivity index is 1.32. The molecule has 2 aromatic carbocycles. The number of carbonyl (C=O) groups is 1. The molecule has 2 heterocycles. The Labute approximate surface area is 176 Å². The molecule has 0 radical (unpaired) electrons. The fourth-order valence-corrected chi connectivity index (χ4v) is 4.09. The number of hydrogen-bond donors (Lipinski definition) is 1. The zero-order valence-corrected chi connectivity index (χ0v) is 17.4. The van der Waals surface area contributed by atoms with Crippen molar-refractivity contribution in [2.24, 2.45) is 5.92 Å². The molecule has 0 bridgehead atoms. The molecule has 1 aliphatic heterocycles. The summed E-state index contributed by atoms with van der Waals surface area (Å²) in [6, 6.07) is 11.8. The molecular formula is C24H28FN3O2. The number of rotatable bonds is 7. The molecule has 1 unspecified atom stereocenters. The van der Waals surface area contributed by atoms with Crippen molar-refractivity contribution in [3.05, 3.63) is 65.3 Å². The molecule has 1 aliphatic rings. The van der Waals surface area contributed by atoms with Crippen LogP contribution < -0.4 is 5.32 Å². The summed E-state index contributed by atoms with van der Waals surface area (Å²) in [7, 11) is 0. The van der Waals surface area contributed by atoms with Gasteiger partial charge >= 0.3 is 0 Å². The molecule has 0 spiro atoms. The van der Waals surface area contributed by atoms with Crippen molar-refractivity contribution in [1.29, 1.82) is 0 Å². The summed E-state index contributed by atoms with van der Waals surface area (Å²) < 4.78 is 19.6. The molecule has 1 atom stereocenters. The molecule has 158 valence electrons. The lowest BCUT2D eigenvalue weighted by atomic mass is 10.0. The van der Waals surface area contributed by atoms with Gasteiger partial charge in [0, 0.05) is 18.7 Å². The fraction of sp³-hybridized carbons (Fsp3) is 0.417. The first kappa shape index (κ1) is 20.5. The molecular weight excluding hydrogens is 381 g/mol. The Kier molecular flexibility index (Phi) is 6.43. The van der Waals surface area contributed by atoms with Crippen molar-refractivity contribution >= 4 is 17.0 Å². The van der Waals surface area contributed by atoms with Crippen LogP contribution in [0.25, 0.3) is 11.1 Å². The van der Waals surface area contributed by atoms with Crippen molar-refractivity contribution in [3.63, 3.8) is 0 Å². The van der Waals surface area contributed by atoms with E-state index in [9.17, 15) is 9.18 Å². The number of piperidine rings is 1. The summed E-state index contributed by atoms with van der Waals surface area (Å²) in [5, 5.41) is 2.99. The molecule has 1 saturated heterocycles. The van der Waals surface area contributed by atoms with E-state index in [1.54, 1.807) is 36.4 Å². The Morgan fingerprint density at radius 2 is 2.17 bits per heavy atom. The third-order valence-corrected chi connectivity index (χ3v) is 5.67. The second-order valence-electron chi connectivity index (χ2n) is 8.22. The Bertz CT molecular complexity index is 1020. The number of benzene rings is 2. The molecule has 5 nitrogen and oxygen atoms in total. The second kappa shape index (κ2) is 9.39. The summed E-state index contributed by atoms with van der Waals surface area (Å²) >= 11 is 0. The number of hydrogen-bond acceptors (Lipinski definition) is 4. The predicted molar refractivity (Wildman–Crippen MR) is 115 cm³/mol. The summed E-state index contributed by atoms with van der Waals surface area (Å²) in [6.45, 7) is 6.29. The smallest absolute Gasteiger partial charge is 0.251 e. The van der Waals surface area contributed by atoms with Gasteiger partial charge in [0.15, 0.2) is 11.5 Å². The van der Waals surface area contributed by atoms with Crippen molar-refractivity contribution in [2.45, 2.75) is 32.6 Å². The topological polar surface area (TPSA) is 58.4 Å². The normalized spacial score (nSPS) is 17.3. The molecule has 3 aromatic rings. The van der Waals surface area contributed by atoms with E-state index >= 15 is 0 Å². The van der Waals surface area contributed by atoms with Gasteiger partial charge in [0.1, 0.15) is 11.3 Å². The van der Waals surface area contributed by atoms with E-state index in [0.717, 1.165) is 32.0 Å². The minimum absolute atomic E-state index is 0.115. The number of nitrogens with zero attached hydrogens (tertiary/aromatic N) is 2. The Morgan fingerprint density at radius 3 is 3.00 bits per heavy atom. The third-order valence-electron chi connectivity index (χ3n) is 5.67. The van der Waals surface area contributed by atoms with Crippen LogP contribution in [0.1, 0.15) is 48.0 Å². The summed E-state index contributed by atoms with van der Waals surface area (Å²) in [6.07, 6.45) is 3.80. The number of oxazole rings is 1. The van der Waals surface area contributed by atoms with E-state index < -0.39 is 0 Å². The average molecular weight is 410 g/mol. The van der Waals surface area contributed by atoms with Crippen molar-refractivity contribution in [3.8, 4) is 0 Å². The van der Waals surface area contributed by atoms with E-state index in [0.29, 0.717) is 34.7 Å². The van der Waals surface area contributed by atoms with Gasteiger partial charge in [-0.1, -0.05) is 25.1 Å². The van der Waals surface area contributed by atoms with Crippen LogP contribution in [-0.4, -0.2) is 42.0 Å². The van der Waals surface area contributed by atoms with Gasteiger partial charge in [-0.25, -0.2) is 9.37 Å². The van der Waals surface area contributed by atoms with E-state index in [2.05, 4.69) is 22.1 Å². The summed E-state index contributed by atoms with van der Waals surface area (Å²) in [4.78, 5) is 19.4. The standard InChI is InChI=1S/C24H28FN3O2/c1-17-6-4-12-28(16-17)13-5-11-26-24(29)19-9-10-21-22(14-19)30-23(27-21)15-18-7-2-3-8-20(18)25/h2-3,7-10,14,17H,4-6,11-13,15-16H2,1H3,(H,26,29). The van der Waals surface area contributed by atoms with Crippen LogP contribution >= 0.6 is 0 Å². The van der Waals surface area contributed by atoms with Gasteiger partial charge in [0.05, 0.1) is 6.42 Å². The lowest BCUT2D eigenvalue weighted by molar-refractivity contribution is 0.0950. The van der Waals surface area contributed by atoms with Crippen molar-refractivity contribution in [1.82, 2.24) is 15.2 Å². The van der Waals surface area contributed by atoms with Crippen LogP contribution in [0, 0.1) is 11.7 Å². The Hall–Kier alpha value is -2.73. The van der Waals surface area contributed by atoms with Crippen LogP contribution in [0.15, 0.2) is 46.9 Å². The summed E-state index contributed by atoms with van der Waals surface area (Å²) in [5.41, 5.74) is 2.28. The molecule has 1 amide bonds. The first-order chi connectivity index (χ1) is 14.6. The van der Waals surface area contributed by atoms with Crippen LogP contribution in [0.2, 0.25) is 0 Å². The molecule has 30 heavy (non-hydrogen) atoms. The van der Waals surface area contributed by atoms with Gasteiger partial charge < -0.3 is 14.6 Å². The van der Waals surface area contributed by atoms with Crippen LogP contribution in [0.3, 0.4) is 0 Å². The molecule has 1 N–H and O–H groups in total. The monoisotopic (exact) mass is 409 g/mol. The SMILES string of the molecule is CC1CCCN(CCCNC(=O)c2ccc3nc(Cc4ccccc4F)oc3c2)C1. The predicted octanol–water partition coefficient (Wildman–Crippen LogP) is 4.41. The number of fused-ring (bicyclic) bond motifs is 1. The number of amides is 1. The average Bonchev–Trinajstić information content (AvgIpc) is 3.14. The second-order valence-corrected chi connectivity index (χ2v) is 8.22. The maximum atomic E-state index is 13.9. The van der Waals surface area contributed by atoms with Gasteiger partial charge in [-0.3, -0.25) is 4.79 Å². The molecule has 1 aromatic heterocycles. The minimum Gasteiger partial charge on any atom is -0.440 e. The lowest BCUT2D eigenvalue weighted by Gasteiger charge is -2.30. The lowest BCUT2D eigenvalue weighted by Crippen LogP contribution is -2.36. The quantitative estimate of drug-likeness (QED) is 0.587. The van der Waals surface area contributed by atoms with Gasteiger partial charge in [0.25, 0.3) is 5.91 Å². The number of nitrogens with one attached hydrogen (secondary N) is 1. The first-order valence-corrected chi connectivity index (χ1v) is 10.7. The van der Waals surface area contributed by atoms with Crippen molar-refractivity contribution < 1.29 is 13.6 Å². The van der Waals surface area contributed by atoms with Crippen LogP contribution in [-0.2, 0) is 6.42 Å². The molecule has 1 fully saturated rings. The van der Waals surface area contributed by atoms with E-state index in [1.807, 2.05) is 0 Å². The molecule has 6 heteroatoms.